The molecule has 2 atom stereocenters. The van der Waals surface area contributed by atoms with Gasteiger partial charge in [-0.2, -0.15) is 0 Å². The molecule has 10 heteroatoms. The van der Waals surface area contributed by atoms with Gasteiger partial charge in [0.2, 0.25) is 0 Å². The van der Waals surface area contributed by atoms with E-state index in [1.807, 2.05) is 21.4 Å². The molecule has 4 aromatic rings. The Labute approximate surface area is 220 Å². The van der Waals surface area contributed by atoms with Crippen molar-refractivity contribution in [2.45, 2.75) is 44.6 Å². The summed E-state index contributed by atoms with van der Waals surface area (Å²) in [5.41, 5.74) is 7.63. The SMILES string of the molecule is CC(C)(O)C#CC(O)N1CCCC1c1nc(-c2ccc(C(=O)Nc3ccccn3)cc2)c2c(N)nccn12. The first kappa shape index (κ1) is 25.4. The van der Waals surface area contributed by atoms with Crippen LogP contribution in [0.1, 0.15) is 48.9 Å². The van der Waals surface area contributed by atoms with E-state index in [1.165, 1.54) is 0 Å². The Morgan fingerprint density at radius 2 is 1.97 bits per heavy atom. The molecule has 1 saturated heterocycles. The smallest absolute Gasteiger partial charge is 0.256 e. The zero-order chi connectivity index (χ0) is 26.9. The Balaban J connectivity index is 1.48. The number of rotatable bonds is 5. The van der Waals surface area contributed by atoms with Crippen molar-refractivity contribution in [3.63, 3.8) is 0 Å². The van der Waals surface area contributed by atoms with Gasteiger partial charge in [-0.05, 0) is 51.0 Å². The molecule has 194 valence electrons. The van der Waals surface area contributed by atoms with Crippen molar-refractivity contribution in [3.8, 4) is 23.1 Å². The number of aliphatic hydroxyl groups excluding tert-OH is 1. The summed E-state index contributed by atoms with van der Waals surface area (Å²) < 4.78 is 1.90. The van der Waals surface area contributed by atoms with Crippen LogP contribution in [0.15, 0.2) is 61.1 Å². The highest BCUT2D eigenvalue weighted by atomic mass is 16.3. The van der Waals surface area contributed by atoms with Gasteiger partial charge in [0.05, 0.1) is 6.04 Å². The lowest BCUT2D eigenvalue weighted by Crippen LogP contribution is -2.35. The monoisotopic (exact) mass is 511 g/mol. The van der Waals surface area contributed by atoms with Gasteiger partial charge in [-0.15, -0.1) is 0 Å². The standard InChI is InChI=1S/C28H29N7O3/c1-28(2,38)13-12-22(36)34-16-5-6-20(34)26-33-23(24-25(29)31-15-17-35(24)26)18-8-10-19(11-9-18)27(37)32-21-7-3-4-14-30-21/h3-4,7-11,14-15,17,20,22,36,38H,5-6,16H2,1-2H3,(H2,29,31)(H,30,32,37). The fourth-order valence-corrected chi connectivity index (χ4v) is 4.61. The molecule has 10 nitrogen and oxygen atoms in total. The van der Waals surface area contributed by atoms with Crippen molar-refractivity contribution >= 4 is 23.1 Å². The number of carbonyl (C=O) groups excluding carboxylic acids is 1. The number of hydrogen-bond acceptors (Lipinski definition) is 8. The van der Waals surface area contributed by atoms with Crippen LogP contribution >= 0.6 is 0 Å². The maximum Gasteiger partial charge on any atom is 0.256 e. The number of benzene rings is 1. The molecular weight excluding hydrogens is 482 g/mol. The van der Waals surface area contributed by atoms with Crippen LogP contribution in [0, 0.1) is 11.8 Å². The maximum absolute atomic E-state index is 12.7. The minimum Gasteiger partial charge on any atom is -0.382 e. The normalized spacial score (nSPS) is 16.7. The highest BCUT2D eigenvalue weighted by Crippen LogP contribution is 2.37. The maximum atomic E-state index is 12.7. The summed E-state index contributed by atoms with van der Waals surface area (Å²) >= 11 is 0. The van der Waals surface area contributed by atoms with Crippen molar-refractivity contribution < 1.29 is 15.0 Å². The van der Waals surface area contributed by atoms with Gasteiger partial charge in [0.25, 0.3) is 5.91 Å². The van der Waals surface area contributed by atoms with Crippen LogP contribution in [0.4, 0.5) is 11.6 Å². The average Bonchev–Trinajstić information content (AvgIpc) is 3.53. The van der Waals surface area contributed by atoms with Gasteiger partial charge >= 0.3 is 0 Å². The molecule has 38 heavy (non-hydrogen) atoms. The molecule has 0 bridgehead atoms. The molecule has 2 unspecified atom stereocenters. The first-order valence-electron chi connectivity index (χ1n) is 12.4. The molecule has 3 aromatic heterocycles. The van der Waals surface area contributed by atoms with Gasteiger partial charge < -0.3 is 21.3 Å². The summed E-state index contributed by atoms with van der Waals surface area (Å²) in [6.07, 6.45) is 5.61. The molecule has 5 N–H and O–H groups in total. The molecule has 0 spiro atoms. The predicted octanol–water partition coefficient (Wildman–Crippen LogP) is 2.86. The number of carbonyl (C=O) groups is 1. The summed E-state index contributed by atoms with van der Waals surface area (Å²) in [5, 5.41) is 23.5. The lowest BCUT2D eigenvalue weighted by Gasteiger charge is -2.25. The summed E-state index contributed by atoms with van der Waals surface area (Å²) in [6.45, 7) is 3.79. The minimum atomic E-state index is -1.20. The first-order chi connectivity index (χ1) is 18.2. The highest BCUT2D eigenvalue weighted by molar-refractivity contribution is 6.04. The van der Waals surface area contributed by atoms with E-state index in [0.29, 0.717) is 40.8 Å². The van der Waals surface area contributed by atoms with Crippen LogP contribution in [0.3, 0.4) is 0 Å². The summed E-state index contributed by atoms with van der Waals surface area (Å²) in [6, 6.07) is 12.2. The van der Waals surface area contributed by atoms with Crippen molar-refractivity contribution in [2.24, 2.45) is 0 Å². The second-order valence-electron chi connectivity index (χ2n) is 9.69. The predicted molar refractivity (Wildman–Crippen MR) is 144 cm³/mol. The molecule has 0 radical (unpaired) electrons. The van der Waals surface area contributed by atoms with Crippen LogP contribution < -0.4 is 11.1 Å². The first-order valence-corrected chi connectivity index (χ1v) is 12.4. The number of nitrogens with two attached hydrogens (primary N) is 1. The second kappa shape index (κ2) is 10.2. The van der Waals surface area contributed by atoms with E-state index in [4.69, 9.17) is 10.7 Å². The third kappa shape index (κ3) is 5.21. The third-order valence-corrected chi connectivity index (χ3v) is 6.35. The summed E-state index contributed by atoms with van der Waals surface area (Å²) in [5.74, 6) is 6.70. The Morgan fingerprint density at radius 1 is 1.18 bits per heavy atom. The molecule has 1 aliphatic heterocycles. The Hall–Kier alpha value is -4.30. The van der Waals surface area contributed by atoms with Gasteiger partial charge in [-0.1, -0.05) is 30.0 Å². The number of likely N-dealkylation sites (tertiary alicyclic amines) is 1. The molecule has 1 amide bonds. The summed E-state index contributed by atoms with van der Waals surface area (Å²) in [7, 11) is 0. The third-order valence-electron chi connectivity index (χ3n) is 6.35. The molecule has 1 fully saturated rings. The summed E-state index contributed by atoms with van der Waals surface area (Å²) in [4.78, 5) is 27.9. The van der Waals surface area contributed by atoms with E-state index in [-0.39, 0.29) is 11.9 Å². The molecule has 1 aromatic carbocycles. The van der Waals surface area contributed by atoms with E-state index in [9.17, 15) is 15.0 Å². The highest BCUT2D eigenvalue weighted by Gasteiger charge is 2.34. The van der Waals surface area contributed by atoms with Crippen LogP contribution in [0.2, 0.25) is 0 Å². The number of nitrogens with one attached hydrogen (secondary N) is 1. The molecule has 0 saturated carbocycles. The zero-order valence-corrected chi connectivity index (χ0v) is 21.2. The number of hydrogen-bond donors (Lipinski definition) is 4. The quantitative estimate of drug-likeness (QED) is 0.300. The fraction of sp³-hybridized carbons (Fsp3) is 0.286. The number of amides is 1. The van der Waals surface area contributed by atoms with Crippen molar-refractivity contribution in [3.05, 3.63) is 72.4 Å². The van der Waals surface area contributed by atoms with Gasteiger partial charge in [0, 0.05) is 36.3 Å². The lowest BCUT2D eigenvalue weighted by atomic mass is 10.1. The Kier molecular flexibility index (Phi) is 6.82. The number of imidazole rings is 1. The van der Waals surface area contributed by atoms with E-state index in [1.54, 1.807) is 62.8 Å². The molecule has 1 aliphatic rings. The Morgan fingerprint density at radius 3 is 2.68 bits per heavy atom. The number of nitrogens with zero attached hydrogens (tertiary/aromatic N) is 5. The largest absolute Gasteiger partial charge is 0.382 e. The topological polar surface area (TPSA) is 142 Å². The molecular formula is C28H29N7O3. The lowest BCUT2D eigenvalue weighted by molar-refractivity contribution is 0.0357. The van der Waals surface area contributed by atoms with E-state index >= 15 is 0 Å². The van der Waals surface area contributed by atoms with E-state index in [2.05, 4.69) is 27.1 Å². The van der Waals surface area contributed by atoms with E-state index in [0.717, 1.165) is 18.4 Å². The fourth-order valence-electron chi connectivity index (χ4n) is 4.61. The number of fused-ring (bicyclic) bond motifs is 1. The number of aliphatic hydroxyl groups is 2. The molecule has 0 aliphatic carbocycles. The van der Waals surface area contributed by atoms with Gasteiger partial charge in [0.15, 0.2) is 6.23 Å². The van der Waals surface area contributed by atoms with Gasteiger partial charge in [-0.3, -0.25) is 14.1 Å². The average molecular weight is 512 g/mol. The number of nitrogen functional groups attached to an aromatic ring is 1. The second-order valence-corrected chi connectivity index (χ2v) is 9.69. The van der Waals surface area contributed by atoms with Gasteiger partial charge in [0.1, 0.15) is 34.3 Å². The Bertz CT molecular complexity index is 1520. The van der Waals surface area contributed by atoms with E-state index < -0.39 is 11.8 Å². The number of pyridine rings is 1. The zero-order valence-electron chi connectivity index (χ0n) is 21.2. The number of aromatic nitrogens is 4. The van der Waals surface area contributed by atoms with Crippen LogP contribution in [-0.2, 0) is 0 Å². The minimum absolute atomic E-state index is 0.215. The molecule has 4 heterocycles. The van der Waals surface area contributed by atoms with Gasteiger partial charge in [-0.25, -0.2) is 15.0 Å². The van der Waals surface area contributed by atoms with Crippen LogP contribution in [-0.4, -0.2) is 58.7 Å². The number of anilines is 2. The van der Waals surface area contributed by atoms with Crippen molar-refractivity contribution in [2.75, 3.05) is 17.6 Å². The van der Waals surface area contributed by atoms with Crippen LogP contribution in [0.5, 0.6) is 0 Å². The van der Waals surface area contributed by atoms with Crippen LogP contribution in [0.25, 0.3) is 16.8 Å². The molecule has 5 rings (SSSR count). The van der Waals surface area contributed by atoms with Crippen molar-refractivity contribution in [1.82, 2.24) is 24.3 Å². The van der Waals surface area contributed by atoms with Crippen molar-refractivity contribution in [1.29, 1.82) is 0 Å².